The summed E-state index contributed by atoms with van der Waals surface area (Å²) >= 11 is 0. The Morgan fingerprint density at radius 2 is 1.95 bits per heavy atom. The Bertz CT molecular complexity index is 610. The summed E-state index contributed by atoms with van der Waals surface area (Å²) < 4.78 is 34.7. The minimum Gasteiger partial charge on any atom is -0.466 e. The zero-order valence-electron chi connectivity index (χ0n) is 11.2. The highest BCUT2D eigenvalue weighted by Gasteiger charge is 2.20. The number of nitrogens with one attached hydrogen (secondary N) is 1. The summed E-state index contributed by atoms with van der Waals surface area (Å²) in [4.78, 5) is 22.9. The number of sulfonamides is 1. The molecule has 0 aliphatic rings. The molecule has 0 aromatic heterocycles. The third-order valence-electron chi connectivity index (χ3n) is 2.47. The lowest BCUT2D eigenvalue weighted by atomic mass is 10.2. The van der Waals surface area contributed by atoms with Gasteiger partial charge in [-0.3, -0.25) is 0 Å². The predicted octanol–water partition coefficient (Wildman–Crippen LogP) is 0.313. The van der Waals surface area contributed by atoms with Crippen LogP contribution in [0.2, 0.25) is 0 Å². The van der Waals surface area contributed by atoms with Gasteiger partial charge >= 0.3 is 11.9 Å². The van der Waals surface area contributed by atoms with Gasteiger partial charge in [-0.25, -0.2) is 22.7 Å². The van der Waals surface area contributed by atoms with Gasteiger partial charge in [0.2, 0.25) is 10.0 Å². The van der Waals surface area contributed by atoms with Gasteiger partial charge in [-0.15, -0.1) is 0 Å². The number of esters is 2. The van der Waals surface area contributed by atoms with Crippen molar-refractivity contribution in [2.45, 2.75) is 17.9 Å². The summed E-state index contributed by atoms with van der Waals surface area (Å²) in [7, 11) is -1.22. The molecule has 110 valence electrons. The standard InChI is InChI=1S/C12H15NO6S/c1-8(11(14)18-3)19-12(15)9-5-4-6-10(7-9)20(16,17)13-2/h4-8,13H,1-3H3/t8-/m1/s1. The third kappa shape index (κ3) is 3.78. The second kappa shape index (κ2) is 6.49. The first kappa shape index (κ1) is 16.1. The van der Waals surface area contributed by atoms with Gasteiger partial charge in [0.25, 0.3) is 0 Å². The molecule has 8 heteroatoms. The summed E-state index contributed by atoms with van der Waals surface area (Å²) in [6.45, 7) is 1.36. The molecule has 0 heterocycles. The van der Waals surface area contributed by atoms with Crippen molar-refractivity contribution >= 4 is 22.0 Å². The molecule has 1 aromatic rings. The highest BCUT2D eigenvalue weighted by Crippen LogP contribution is 2.13. The molecular formula is C12H15NO6S. The minimum atomic E-state index is -3.65. The van der Waals surface area contributed by atoms with E-state index >= 15 is 0 Å². The maximum Gasteiger partial charge on any atom is 0.346 e. The first-order valence-electron chi connectivity index (χ1n) is 5.64. The first-order valence-corrected chi connectivity index (χ1v) is 7.12. The molecule has 1 aromatic carbocycles. The predicted molar refractivity (Wildman–Crippen MR) is 69.6 cm³/mol. The van der Waals surface area contributed by atoms with Crippen molar-refractivity contribution in [1.82, 2.24) is 4.72 Å². The molecule has 0 aliphatic carbocycles. The zero-order chi connectivity index (χ0) is 15.3. The van der Waals surface area contributed by atoms with E-state index < -0.39 is 28.1 Å². The molecule has 7 nitrogen and oxygen atoms in total. The summed E-state index contributed by atoms with van der Waals surface area (Å²) in [6.07, 6.45) is -1.07. The minimum absolute atomic E-state index is 0.0251. The molecule has 0 fully saturated rings. The van der Waals surface area contributed by atoms with Crippen LogP contribution in [0.15, 0.2) is 29.2 Å². The second-order valence-corrected chi connectivity index (χ2v) is 5.69. The Balaban J connectivity index is 2.96. The van der Waals surface area contributed by atoms with Crippen LogP contribution in [-0.4, -0.2) is 40.6 Å². The van der Waals surface area contributed by atoms with E-state index in [9.17, 15) is 18.0 Å². The SMILES string of the molecule is CNS(=O)(=O)c1cccc(C(=O)O[C@H](C)C(=O)OC)c1. The van der Waals surface area contributed by atoms with Gasteiger partial charge in [0.1, 0.15) is 0 Å². The van der Waals surface area contributed by atoms with E-state index in [0.717, 1.165) is 6.07 Å². The summed E-state index contributed by atoms with van der Waals surface area (Å²) in [6, 6.07) is 5.30. The fraction of sp³-hybridized carbons (Fsp3) is 0.333. The van der Waals surface area contributed by atoms with Crippen LogP contribution < -0.4 is 4.72 Å². The fourth-order valence-electron chi connectivity index (χ4n) is 1.35. The highest BCUT2D eigenvalue weighted by atomic mass is 32.2. The maximum atomic E-state index is 11.8. The molecule has 20 heavy (non-hydrogen) atoms. The monoisotopic (exact) mass is 301 g/mol. The Hall–Kier alpha value is -1.93. The van der Waals surface area contributed by atoms with Crippen molar-refractivity contribution in [1.29, 1.82) is 0 Å². The molecule has 0 saturated heterocycles. The van der Waals surface area contributed by atoms with Crippen molar-refractivity contribution in [2.24, 2.45) is 0 Å². The quantitative estimate of drug-likeness (QED) is 0.786. The number of carbonyl (C=O) groups is 2. The van der Waals surface area contributed by atoms with Gasteiger partial charge in [0.15, 0.2) is 6.10 Å². The lowest BCUT2D eigenvalue weighted by Gasteiger charge is -2.11. The van der Waals surface area contributed by atoms with E-state index in [0.29, 0.717) is 0 Å². The zero-order valence-corrected chi connectivity index (χ0v) is 12.1. The fourth-order valence-corrected chi connectivity index (χ4v) is 2.13. The van der Waals surface area contributed by atoms with Crippen LogP contribution in [-0.2, 0) is 24.3 Å². The van der Waals surface area contributed by atoms with Gasteiger partial charge < -0.3 is 9.47 Å². The lowest BCUT2D eigenvalue weighted by Crippen LogP contribution is -2.25. The summed E-state index contributed by atoms with van der Waals surface area (Å²) in [5.74, 6) is -1.51. The van der Waals surface area contributed by atoms with E-state index in [-0.39, 0.29) is 10.5 Å². The molecule has 0 aliphatic heterocycles. The average Bonchev–Trinajstić information content (AvgIpc) is 2.46. The van der Waals surface area contributed by atoms with Crippen molar-refractivity contribution in [3.8, 4) is 0 Å². The van der Waals surface area contributed by atoms with Crippen molar-refractivity contribution in [3.05, 3.63) is 29.8 Å². The van der Waals surface area contributed by atoms with Crippen LogP contribution in [0, 0.1) is 0 Å². The largest absolute Gasteiger partial charge is 0.466 e. The highest BCUT2D eigenvalue weighted by molar-refractivity contribution is 7.89. The van der Waals surface area contributed by atoms with Crippen LogP contribution in [0.4, 0.5) is 0 Å². The molecule has 0 unspecified atom stereocenters. The van der Waals surface area contributed by atoms with Crippen LogP contribution in [0.25, 0.3) is 0 Å². The number of hydrogen-bond donors (Lipinski definition) is 1. The summed E-state index contributed by atoms with van der Waals surface area (Å²) in [5, 5.41) is 0. The van der Waals surface area contributed by atoms with Crippen molar-refractivity contribution in [3.63, 3.8) is 0 Å². The first-order chi connectivity index (χ1) is 9.31. The van der Waals surface area contributed by atoms with E-state index in [1.54, 1.807) is 0 Å². The molecule has 0 bridgehead atoms. The van der Waals surface area contributed by atoms with Crippen molar-refractivity contribution < 1.29 is 27.5 Å². The van der Waals surface area contributed by atoms with Crippen LogP contribution >= 0.6 is 0 Å². The van der Waals surface area contributed by atoms with Gasteiger partial charge in [0, 0.05) is 0 Å². The molecule has 0 spiro atoms. The number of benzene rings is 1. The molecule has 0 amide bonds. The number of methoxy groups -OCH3 is 1. The van der Waals surface area contributed by atoms with Crippen LogP contribution in [0.3, 0.4) is 0 Å². The number of hydrogen-bond acceptors (Lipinski definition) is 6. The average molecular weight is 301 g/mol. The smallest absolute Gasteiger partial charge is 0.346 e. The van der Waals surface area contributed by atoms with E-state index in [2.05, 4.69) is 9.46 Å². The molecule has 1 atom stereocenters. The van der Waals surface area contributed by atoms with E-state index in [4.69, 9.17) is 4.74 Å². The Morgan fingerprint density at radius 1 is 1.30 bits per heavy atom. The molecular weight excluding hydrogens is 286 g/mol. The second-order valence-electron chi connectivity index (χ2n) is 3.81. The lowest BCUT2D eigenvalue weighted by molar-refractivity contribution is -0.149. The molecule has 0 saturated carbocycles. The van der Waals surface area contributed by atoms with Crippen molar-refractivity contribution in [2.75, 3.05) is 14.2 Å². The number of carbonyl (C=O) groups excluding carboxylic acids is 2. The van der Waals surface area contributed by atoms with Gasteiger partial charge in [-0.1, -0.05) is 6.07 Å². The van der Waals surface area contributed by atoms with E-state index in [1.165, 1.54) is 39.3 Å². The number of ether oxygens (including phenoxy) is 2. The normalized spacial score (nSPS) is 12.6. The summed E-state index contributed by atoms with van der Waals surface area (Å²) in [5.41, 5.74) is 0.0251. The Labute approximate surface area is 116 Å². The van der Waals surface area contributed by atoms with Gasteiger partial charge in [-0.05, 0) is 32.2 Å². The topological polar surface area (TPSA) is 98.8 Å². The van der Waals surface area contributed by atoms with Gasteiger partial charge in [0.05, 0.1) is 17.6 Å². The van der Waals surface area contributed by atoms with Crippen LogP contribution in [0.1, 0.15) is 17.3 Å². The molecule has 1 N–H and O–H groups in total. The maximum absolute atomic E-state index is 11.8. The molecule has 0 radical (unpaired) electrons. The Morgan fingerprint density at radius 3 is 2.50 bits per heavy atom. The third-order valence-corrected chi connectivity index (χ3v) is 3.88. The number of rotatable bonds is 5. The van der Waals surface area contributed by atoms with E-state index in [1.807, 2.05) is 0 Å². The van der Waals surface area contributed by atoms with Crippen LogP contribution in [0.5, 0.6) is 0 Å². The Kier molecular flexibility index (Phi) is 5.23. The molecule has 1 rings (SSSR count). The van der Waals surface area contributed by atoms with Gasteiger partial charge in [-0.2, -0.15) is 0 Å².